The van der Waals surface area contributed by atoms with Gasteiger partial charge in [-0.05, 0) is 43.7 Å². The van der Waals surface area contributed by atoms with Gasteiger partial charge in [0.2, 0.25) is 0 Å². The highest BCUT2D eigenvalue weighted by molar-refractivity contribution is 8.00. The molecule has 1 aromatic carbocycles. The molecule has 98 valence electrons. The van der Waals surface area contributed by atoms with Crippen LogP contribution < -0.4 is 11.1 Å². The lowest BCUT2D eigenvalue weighted by molar-refractivity contribution is 0.0950. The van der Waals surface area contributed by atoms with Gasteiger partial charge in [0, 0.05) is 17.0 Å². The van der Waals surface area contributed by atoms with Crippen LogP contribution in [-0.2, 0) is 0 Å². The molecule has 4 N–H and O–H groups in total. The standard InChI is InChI=1S/C13H18N2O2S/c1-13(5-2-6-18-13)8-15-12(17)10-7-9(16)3-4-11(10)14/h3-4,7,16H,2,5-6,8,14H2,1H3,(H,15,17). The molecule has 1 heterocycles. The Morgan fingerprint density at radius 2 is 2.39 bits per heavy atom. The summed E-state index contributed by atoms with van der Waals surface area (Å²) in [6.07, 6.45) is 2.32. The van der Waals surface area contributed by atoms with E-state index in [0.717, 1.165) is 12.2 Å². The Kier molecular flexibility index (Phi) is 3.71. The molecule has 0 spiro atoms. The predicted octanol–water partition coefficient (Wildman–Crippen LogP) is 1.99. The van der Waals surface area contributed by atoms with Crippen LogP contribution in [0.2, 0.25) is 0 Å². The summed E-state index contributed by atoms with van der Waals surface area (Å²) in [5.41, 5.74) is 6.45. The molecule has 4 nitrogen and oxygen atoms in total. The van der Waals surface area contributed by atoms with Crippen LogP contribution >= 0.6 is 11.8 Å². The minimum absolute atomic E-state index is 0.0517. The van der Waals surface area contributed by atoms with Crippen molar-refractivity contribution >= 4 is 23.4 Å². The highest BCUT2D eigenvalue weighted by Crippen LogP contribution is 2.37. The normalized spacial score (nSPS) is 22.9. The Balaban J connectivity index is 2.01. The number of nitrogens with two attached hydrogens (primary N) is 1. The first-order chi connectivity index (χ1) is 8.50. The van der Waals surface area contributed by atoms with Gasteiger partial charge >= 0.3 is 0 Å². The fourth-order valence-corrected chi connectivity index (χ4v) is 3.32. The maximum atomic E-state index is 12.0. The molecule has 1 aliphatic rings. The number of thioether (sulfide) groups is 1. The van der Waals surface area contributed by atoms with Crippen LogP contribution in [0.3, 0.4) is 0 Å². The molecule has 1 fully saturated rings. The third-order valence-corrected chi connectivity index (χ3v) is 4.74. The first-order valence-electron chi connectivity index (χ1n) is 6.01. The number of amides is 1. The molecule has 2 rings (SSSR count). The largest absolute Gasteiger partial charge is 0.508 e. The molecule has 1 aliphatic heterocycles. The summed E-state index contributed by atoms with van der Waals surface area (Å²) in [7, 11) is 0. The van der Waals surface area contributed by atoms with Crippen molar-refractivity contribution in [2.75, 3.05) is 18.0 Å². The number of rotatable bonds is 3. The average Bonchev–Trinajstić information content (AvgIpc) is 2.77. The van der Waals surface area contributed by atoms with E-state index in [-0.39, 0.29) is 16.4 Å². The van der Waals surface area contributed by atoms with Gasteiger partial charge in [-0.25, -0.2) is 0 Å². The van der Waals surface area contributed by atoms with Crippen molar-refractivity contribution in [1.29, 1.82) is 0 Å². The number of hydrogen-bond acceptors (Lipinski definition) is 4. The van der Waals surface area contributed by atoms with E-state index >= 15 is 0 Å². The molecule has 18 heavy (non-hydrogen) atoms. The third kappa shape index (κ3) is 2.90. The molecule has 0 bridgehead atoms. The summed E-state index contributed by atoms with van der Waals surface area (Å²) >= 11 is 1.89. The minimum Gasteiger partial charge on any atom is -0.508 e. The lowest BCUT2D eigenvalue weighted by Crippen LogP contribution is -2.37. The first kappa shape index (κ1) is 13.1. The summed E-state index contributed by atoms with van der Waals surface area (Å²) < 4.78 is 0.126. The molecule has 0 saturated carbocycles. The number of nitrogen functional groups attached to an aromatic ring is 1. The number of anilines is 1. The van der Waals surface area contributed by atoms with Gasteiger partial charge in [0.25, 0.3) is 5.91 Å². The van der Waals surface area contributed by atoms with Crippen molar-refractivity contribution in [3.8, 4) is 5.75 Å². The molecule has 1 saturated heterocycles. The summed E-state index contributed by atoms with van der Waals surface area (Å²) in [4.78, 5) is 12.0. The smallest absolute Gasteiger partial charge is 0.253 e. The van der Waals surface area contributed by atoms with Crippen molar-refractivity contribution in [2.24, 2.45) is 0 Å². The Bertz CT molecular complexity index is 456. The quantitative estimate of drug-likeness (QED) is 0.577. The fourth-order valence-electron chi connectivity index (χ4n) is 2.08. The molecule has 5 heteroatoms. The van der Waals surface area contributed by atoms with Crippen LogP contribution in [0.15, 0.2) is 18.2 Å². The molecule has 0 aromatic heterocycles. The van der Waals surface area contributed by atoms with Crippen LogP contribution in [-0.4, -0.2) is 28.1 Å². The zero-order valence-electron chi connectivity index (χ0n) is 10.4. The maximum Gasteiger partial charge on any atom is 0.253 e. The number of nitrogens with one attached hydrogen (secondary N) is 1. The van der Waals surface area contributed by atoms with Crippen LogP contribution in [0, 0.1) is 0 Å². The summed E-state index contributed by atoms with van der Waals surface area (Å²) in [6.45, 7) is 2.79. The van der Waals surface area contributed by atoms with Crippen molar-refractivity contribution in [2.45, 2.75) is 24.5 Å². The van der Waals surface area contributed by atoms with Gasteiger partial charge in [0.05, 0.1) is 5.56 Å². The Hall–Kier alpha value is -1.36. The van der Waals surface area contributed by atoms with E-state index in [1.165, 1.54) is 24.6 Å². The highest BCUT2D eigenvalue weighted by Gasteiger charge is 2.29. The van der Waals surface area contributed by atoms with E-state index in [9.17, 15) is 9.90 Å². The number of benzene rings is 1. The fraction of sp³-hybridized carbons (Fsp3) is 0.462. The monoisotopic (exact) mass is 266 g/mol. The lowest BCUT2D eigenvalue weighted by atomic mass is 10.1. The maximum absolute atomic E-state index is 12.0. The first-order valence-corrected chi connectivity index (χ1v) is 6.99. The van der Waals surface area contributed by atoms with E-state index < -0.39 is 0 Å². The van der Waals surface area contributed by atoms with E-state index in [1.807, 2.05) is 11.8 Å². The number of hydrogen-bond donors (Lipinski definition) is 3. The number of phenols is 1. The van der Waals surface area contributed by atoms with Gasteiger partial charge in [-0.1, -0.05) is 0 Å². The number of carbonyl (C=O) groups is 1. The molecule has 1 atom stereocenters. The Morgan fingerprint density at radius 1 is 1.61 bits per heavy atom. The highest BCUT2D eigenvalue weighted by atomic mass is 32.2. The summed E-state index contributed by atoms with van der Waals surface area (Å²) in [5.74, 6) is 0.980. The molecule has 0 aliphatic carbocycles. The Morgan fingerprint density at radius 3 is 3.06 bits per heavy atom. The minimum atomic E-state index is -0.225. The van der Waals surface area contributed by atoms with Gasteiger partial charge in [-0.3, -0.25) is 4.79 Å². The number of phenolic OH excluding ortho intramolecular Hbond substituents is 1. The SMILES string of the molecule is CC1(CNC(=O)c2cc(O)ccc2N)CCCS1. The molecular weight excluding hydrogens is 248 g/mol. The van der Waals surface area contributed by atoms with Crippen LogP contribution in [0.25, 0.3) is 0 Å². The van der Waals surface area contributed by atoms with Crippen LogP contribution in [0.1, 0.15) is 30.1 Å². The Labute approximate surface area is 111 Å². The van der Waals surface area contributed by atoms with E-state index in [0.29, 0.717) is 17.8 Å². The summed E-state index contributed by atoms with van der Waals surface area (Å²) in [5, 5.41) is 12.3. The van der Waals surface area contributed by atoms with Crippen molar-refractivity contribution in [3.63, 3.8) is 0 Å². The van der Waals surface area contributed by atoms with Crippen molar-refractivity contribution in [3.05, 3.63) is 23.8 Å². The number of aromatic hydroxyl groups is 1. The molecule has 1 aromatic rings. The molecule has 1 amide bonds. The number of carbonyl (C=O) groups excluding carboxylic acids is 1. The third-order valence-electron chi connectivity index (χ3n) is 3.20. The zero-order chi connectivity index (χ0) is 13.2. The van der Waals surface area contributed by atoms with Crippen LogP contribution in [0.5, 0.6) is 5.75 Å². The second-order valence-electron chi connectivity index (χ2n) is 4.86. The second kappa shape index (κ2) is 5.10. The van der Waals surface area contributed by atoms with Gasteiger partial charge in [-0.15, -0.1) is 0 Å². The second-order valence-corrected chi connectivity index (χ2v) is 6.54. The zero-order valence-corrected chi connectivity index (χ0v) is 11.2. The van der Waals surface area contributed by atoms with Gasteiger partial charge in [-0.2, -0.15) is 11.8 Å². The van der Waals surface area contributed by atoms with E-state index in [1.54, 1.807) is 0 Å². The average molecular weight is 266 g/mol. The lowest BCUT2D eigenvalue weighted by Gasteiger charge is -2.23. The predicted molar refractivity (Wildman–Crippen MR) is 74.9 cm³/mol. The van der Waals surface area contributed by atoms with Crippen LogP contribution in [0.4, 0.5) is 5.69 Å². The van der Waals surface area contributed by atoms with Gasteiger partial charge in [0.15, 0.2) is 0 Å². The van der Waals surface area contributed by atoms with E-state index in [2.05, 4.69) is 12.2 Å². The van der Waals surface area contributed by atoms with Crippen molar-refractivity contribution in [1.82, 2.24) is 5.32 Å². The summed E-state index contributed by atoms with van der Waals surface area (Å²) in [6, 6.07) is 4.41. The molecule has 1 unspecified atom stereocenters. The van der Waals surface area contributed by atoms with Gasteiger partial charge in [0.1, 0.15) is 5.75 Å². The topological polar surface area (TPSA) is 75.3 Å². The molecule has 0 radical (unpaired) electrons. The van der Waals surface area contributed by atoms with Gasteiger partial charge < -0.3 is 16.2 Å². The molecular formula is C13H18N2O2S. The van der Waals surface area contributed by atoms with Crippen molar-refractivity contribution < 1.29 is 9.90 Å². The van der Waals surface area contributed by atoms with E-state index in [4.69, 9.17) is 5.73 Å².